The molecule has 0 spiro atoms. The van der Waals surface area contributed by atoms with Crippen LogP contribution in [0.15, 0.2) is 48.7 Å². The Morgan fingerprint density at radius 2 is 1.76 bits per heavy atom. The van der Waals surface area contributed by atoms with Crippen molar-refractivity contribution in [1.82, 2.24) is 20.2 Å². The first-order chi connectivity index (χ1) is 18.6. The summed E-state index contributed by atoms with van der Waals surface area (Å²) in [5.74, 6) is 1.74. The molecule has 2 aromatic carbocycles. The van der Waals surface area contributed by atoms with E-state index in [-0.39, 0.29) is 0 Å². The van der Waals surface area contributed by atoms with Gasteiger partial charge in [0.2, 0.25) is 5.95 Å². The van der Waals surface area contributed by atoms with E-state index in [1.807, 2.05) is 31.3 Å². The van der Waals surface area contributed by atoms with Gasteiger partial charge in [0.25, 0.3) is 0 Å². The highest BCUT2D eigenvalue weighted by atomic mass is 35.5. The van der Waals surface area contributed by atoms with Gasteiger partial charge in [0.05, 0.1) is 19.0 Å². The van der Waals surface area contributed by atoms with Crippen LogP contribution in [0.4, 0.5) is 28.8 Å². The van der Waals surface area contributed by atoms with E-state index in [9.17, 15) is 0 Å². The van der Waals surface area contributed by atoms with Crippen LogP contribution in [0.2, 0.25) is 5.02 Å². The third-order valence-electron chi connectivity index (χ3n) is 7.55. The summed E-state index contributed by atoms with van der Waals surface area (Å²) in [7, 11) is 3.62. The molecule has 3 aromatic rings. The molecule has 0 bridgehead atoms. The van der Waals surface area contributed by atoms with Crippen molar-refractivity contribution in [3.63, 3.8) is 0 Å². The Morgan fingerprint density at radius 1 is 0.974 bits per heavy atom. The van der Waals surface area contributed by atoms with Crippen molar-refractivity contribution in [2.24, 2.45) is 0 Å². The maximum atomic E-state index is 6.44. The predicted molar refractivity (Wildman–Crippen MR) is 156 cm³/mol. The number of benzene rings is 2. The van der Waals surface area contributed by atoms with E-state index in [1.54, 1.807) is 13.3 Å². The lowest BCUT2D eigenvalue weighted by atomic mass is 9.99. The average Bonchev–Trinajstić information content (AvgIpc) is 2.97. The minimum atomic E-state index is 0.441. The van der Waals surface area contributed by atoms with E-state index in [1.165, 1.54) is 50.9 Å². The number of halogens is 1. The Balaban J connectivity index is 1.27. The van der Waals surface area contributed by atoms with Crippen LogP contribution in [0.1, 0.15) is 37.7 Å². The topological polar surface area (TPSA) is 77.6 Å². The Labute approximate surface area is 230 Å². The first-order valence-electron chi connectivity index (χ1n) is 13.6. The van der Waals surface area contributed by atoms with Crippen LogP contribution in [0.5, 0.6) is 5.75 Å². The number of anilines is 5. The quantitative estimate of drug-likeness (QED) is 0.317. The Bertz CT molecular complexity index is 1210. The molecule has 0 unspecified atom stereocenters. The van der Waals surface area contributed by atoms with Crippen LogP contribution in [-0.4, -0.2) is 61.2 Å². The van der Waals surface area contributed by atoms with Crippen LogP contribution in [0, 0.1) is 0 Å². The molecule has 0 atom stereocenters. The summed E-state index contributed by atoms with van der Waals surface area (Å²) in [4.78, 5) is 14.2. The van der Waals surface area contributed by atoms with Crippen LogP contribution >= 0.6 is 11.6 Å². The lowest BCUT2D eigenvalue weighted by Crippen LogP contribution is -2.46. The highest BCUT2D eigenvalue weighted by Crippen LogP contribution is 2.34. The summed E-state index contributed by atoms with van der Waals surface area (Å²) in [6.07, 6.45) is 8.13. The molecule has 1 aromatic heterocycles. The first-order valence-corrected chi connectivity index (χ1v) is 14.0. The maximum Gasteiger partial charge on any atom is 0.229 e. The molecule has 3 heterocycles. The van der Waals surface area contributed by atoms with Crippen LogP contribution in [-0.2, 0) is 6.54 Å². The fourth-order valence-electron chi connectivity index (χ4n) is 5.50. The molecule has 3 N–H and O–H groups in total. The molecule has 0 amide bonds. The third kappa shape index (κ3) is 6.31. The number of aromatic nitrogens is 2. The number of likely N-dealkylation sites (tertiary alicyclic amines) is 1. The van der Waals surface area contributed by atoms with Crippen molar-refractivity contribution in [1.29, 1.82) is 0 Å². The van der Waals surface area contributed by atoms with E-state index in [0.29, 0.717) is 16.8 Å². The smallest absolute Gasteiger partial charge is 0.229 e. The fourth-order valence-corrected chi connectivity index (χ4v) is 5.64. The molecule has 0 aliphatic carbocycles. The second-order valence-electron chi connectivity index (χ2n) is 10.0. The van der Waals surface area contributed by atoms with Gasteiger partial charge in [-0.3, -0.25) is 0 Å². The number of hydrogen-bond acceptors (Lipinski definition) is 8. The van der Waals surface area contributed by atoms with Crippen LogP contribution in [0.3, 0.4) is 0 Å². The van der Waals surface area contributed by atoms with E-state index in [4.69, 9.17) is 16.3 Å². The summed E-state index contributed by atoms with van der Waals surface area (Å²) < 4.78 is 5.76. The van der Waals surface area contributed by atoms with Gasteiger partial charge in [-0.1, -0.05) is 36.2 Å². The zero-order valence-corrected chi connectivity index (χ0v) is 23.1. The number of nitrogens with zero attached hydrogens (tertiary/aromatic N) is 4. The lowest BCUT2D eigenvalue weighted by molar-refractivity contribution is 0.141. The zero-order valence-electron chi connectivity index (χ0n) is 22.3. The molecule has 2 aliphatic heterocycles. The largest absolute Gasteiger partial charge is 0.494 e. The molecule has 9 heteroatoms. The summed E-state index contributed by atoms with van der Waals surface area (Å²) >= 11 is 6.44. The van der Waals surface area contributed by atoms with Gasteiger partial charge in [-0.2, -0.15) is 4.98 Å². The van der Waals surface area contributed by atoms with Gasteiger partial charge in [0, 0.05) is 43.1 Å². The number of para-hydroxylation sites is 1. The van der Waals surface area contributed by atoms with Crippen LogP contribution < -0.4 is 25.6 Å². The molecule has 0 radical (unpaired) electrons. The summed E-state index contributed by atoms with van der Waals surface area (Å²) in [5, 5.41) is 10.3. The highest BCUT2D eigenvalue weighted by molar-refractivity contribution is 6.32. The van der Waals surface area contributed by atoms with E-state index in [0.717, 1.165) is 48.4 Å². The number of nitrogens with one attached hydrogen (secondary N) is 3. The molecule has 2 aliphatic rings. The maximum absolute atomic E-state index is 6.44. The third-order valence-corrected chi connectivity index (χ3v) is 7.83. The van der Waals surface area contributed by atoms with Crippen molar-refractivity contribution < 1.29 is 4.74 Å². The minimum absolute atomic E-state index is 0.441. The molecular formula is C29H38ClN7O. The molecule has 8 nitrogen and oxygen atoms in total. The molecule has 202 valence electrons. The van der Waals surface area contributed by atoms with E-state index < -0.39 is 0 Å². The number of hydrogen-bond donors (Lipinski definition) is 3. The number of piperidine rings is 2. The molecule has 5 rings (SSSR count). The molecule has 0 saturated carbocycles. The Kier molecular flexibility index (Phi) is 8.83. The van der Waals surface area contributed by atoms with Crippen molar-refractivity contribution >= 4 is 40.4 Å². The lowest BCUT2D eigenvalue weighted by Gasteiger charge is -2.41. The normalized spacial score (nSPS) is 16.9. The van der Waals surface area contributed by atoms with Gasteiger partial charge in [0.1, 0.15) is 10.8 Å². The second-order valence-corrected chi connectivity index (χ2v) is 10.4. The zero-order chi connectivity index (χ0) is 26.3. The van der Waals surface area contributed by atoms with Gasteiger partial charge < -0.3 is 30.5 Å². The number of rotatable bonds is 9. The summed E-state index contributed by atoms with van der Waals surface area (Å²) in [6, 6.07) is 15.1. The summed E-state index contributed by atoms with van der Waals surface area (Å²) in [6.45, 7) is 5.41. The summed E-state index contributed by atoms with van der Waals surface area (Å²) in [5.41, 5.74) is 4.06. The molecule has 2 saturated heterocycles. The average molecular weight is 536 g/mol. The standard InChI is InChI=1S/C29H38ClN7O/c1-31-19-21-8-4-5-9-25(21)33-28-24(30)20-32-29(35-28)34-26-11-10-23(18-27(26)38-2)37-16-12-22(13-17-37)36-14-6-3-7-15-36/h4-5,8-11,18,20,22,31H,3,6-7,12-17,19H2,1-2H3,(H2,32,33,34,35). The van der Waals surface area contributed by atoms with Crippen molar-refractivity contribution in [2.75, 3.05) is 55.9 Å². The van der Waals surface area contributed by atoms with Crippen molar-refractivity contribution in [2.45, 2.75) is 44.7 Å². The second kappa shape index (κ2) is 12.7. The van der Waals surface area contributed by atoms with Crippen molar-refractivity contribution in [3.8, 4) is 5.75 Å². The molecule has 2 fully saturated rings. The number of ether oxygens (including phenoxy) is 1. The van der Waals surface area contributed by atoms with E-state index in [2.05, 4.69) is 53.9 Å². The highest BCUT2D eigenvalue weighted by Gasteiger charge is 2.26. The first kappa shape index (κ1) is 26.5. The van der Waals surface area contributed by atoms with E-state index >= 15 is 0 Å². The van der Waals surface area contributed by atoms with Crippen molar-refractivity contribution in [3.05, 3.63) is 59.2 Å². The van der Waals surface area contributed by atoms with Gasteiger partial charge >= 0.3 is 0 Å². The SMILES string of the molecule is CNCc1ccccc1Nc1nc(Nc2ccc(N3CCC(N4CCCCC4)CC3)cc2OC)ncc1Cl. The Hall–Kier alpha value is -3.07. The van der Waals surface area contributed by atoms with Crippen LogP contribution in [0.25, 0.3) is 0 Å². The van der Waals surface area contributed by atoms with Gasteiger partial charge in [-0.15, -0.1) is 0 Å². The predicted octanol–water partition coefficient (Wildman–Crippen LogP) is 5.80. The fraction of sp³-hybridized carbons (Fsp3) is 0.448. The Morgan fingerprint density at radius 3 is 2.53 bits per heavy atom. The van der Waals surface area contributed by atoms with Gasteiger partial charge in [-0.25, -0.2) is 4.98 Å². The number of methoxy groups -OCH3 is 1. The molecular weight excluding hydrogens is 498 g/mol. The monoisotopic (exact) mass is 535 g/mol. The minimum Gasteiger partial charge on any atom is -0.494 e. The molecule has 38 heavy (non-hydrogen) atoms. The van der Waals surface area contributed by atoms with Gasteiger partial charge in [0.15, 0.2) is 5.82 Å². The van der Waals surface area contributed by atoms with Gasteiger partial charge in [-0.05, 0) is 69.6 Å².